The van der Waals surface area contributed by atoms with Crippen LogP contribution in [0, 0.1) is 5.82 Å². The highest BCUT2D eigenvalue weighted by atomic mass is 79.9. The van der Waals surface area contributed by atoms with Crippen LogP contribution in [0.4, 0.5) is 4.39 Å². The van der Waals surface area contributed by atoms with E-state index in [1.807, 2.05) is 0 Å². The van der Waals surface area contributed by atoms with E-state index in [9.17, 15) is 9.18 Å². The van der Waals surface area contributed by atoms with Gasteiger partial charge in [-0.2, -0.15) is 0 Å². The largest absolute Gasteiger partial charge is 0.492 e. The van der Waals surface area contributed by atoms with Crippen LogP contribution in [-0.2, 0) is 0 Å². The predicted molar refractivity (Wildman–Crippen MR) is 49.3 cm³/mol. The maximum atomic E-state index is 13.0. The van der Waals surface area contributed by atoms with Gasteiger partial charge in [-0.3, -0.25) is 4.79 Å². The molecule has 0 spiro atoms. The van der Waals surface area contributed by atoms with Crippen molar-refractivity contribution in [3.8, 4) is 0 Å². The lowest BCUT2D eigenvalue weighted by atomic mass is 9.77. The zero-order chi connectivity index (χ0) is 10.0. The molecule has 0 aliphatic heterocycles. The van der Waals surface area contributed by atoms with Crippen LogP contribution in [0.1, 0.15) is 10.4 Å². The van der Waals surface area contributed by atoms with E-state index in [1.165, 1.54) is 6.07 Å². The molecule has 0 radical (unpaired) electrons. The topological polar surface area (TPSA) is 57.5 Å². The van der Waals surface area contributed by atoms with Gasteiger partial charge in [0.25, 0.3) is 0 Å². The van der Waals surface area contributed by atoms with Crippen molar-refractivity contribution in [2.24, 2.45) is 0 Å². The van der Waals surface area contributed by atoms with Crippen LogP contribution in [0.25, 0.3) is 0 Å². The van der Waals surface area contributed by atoms with E-state index < -0.39 is 18.4 Å². The Bertz CT molecular complexity index is 343. The van der Waals surface area contributed by atoms with E-state index in [0.717, 1.165) is 6.07 Å². The Morgan fingerprint density at radius 2 is 2.08 bits per heavy atom. The van der Waals surface area contributed by atoms with Crippen molar-refractivity contribution in [2.45, 2.75) is 0 Å². The van der Waals surface area contributed by atoms with E-state index in [4.69, 9.17) is 10.0 Å². The van der Waals surface area contributed by atoms with Crippen LogP contribution >= 0.6 is 15.9 Å². The fraction of sp³-hybridized carbons (Fsp3) is 0. The molecule has 6 heteroatoms. The molecule has 3 nitrogen and oxygen atoms in total. The number of halogens is 2. The van der Waals surface area contributed by atoms with Crippen LogP contribution in [0.2, 0.25) is 0 Å². The first kappa shape index (κ1) is 10.4. The van der Waals surface area contributed by atoms with E-state index in [2.05, 4.69) is 15.9 Å². The molecular formula is C7H5BBrFO3. The Morgan fingerprint density at radius 1 is 1.46 bits per heavy atom. The number of carbonyl (C=O) groups is 1. The first-order valence-electron chi connectivity index (χ1n) is 3.36. The van der Waals surface area contributed by atoms with E-state index >= 15 is 0 Å². The molecule has 0 aliphatic carbocycles. The molecule has 0 aliphatic rings. The van der Waals surface area contributed by atoms with Crippen molar-refractivity contribution in [2.75, 3.05) is 0 Å². The molecule has 0 fully saturated rings. The highest BCUT2D eigenvalue weighted by molar-refractivity contribution is 9.10. The molecule has 0 saturated carbocycles. The number of rotatable bonds is 2. The molecule has 1 rings (SSSR count). The number of hydrogen-bond acceptors (Lipinski definition) is 3. The molecular weight excluding hydrogens is 242 g/mol. The highest BCUT2D eigenvalue weighted by Crippen LogP contribution is 2.12. The summed E-state index contributed by atoms with van der Waals surface area (Å²) in [5.74, 6) is -0.827. The van der Waals surface area contributed by atoms with Crippen LogP contribution < -0.4 is 5.46 Å². The minimum Gasteiger partial charge on any atom is -0.423 e. The van der Waals surface area contributed by atoms with Gasteiger partial charge >= 0.3 is 7.12 Å². The van der Waals surface area contributed by atoms with Crippen molar-refractivity contribution in [3.05, 3.63) is 28.0 Å². The predicted octanol–water partition coefficient (Wildman–Crippen LogP) is 0.0805. The molecule has 0 bridgehead atoms. The molecule has 0 atom stereocenters. The Labute approximate surface area is 82.5 Å². The SMILES string of the molecule is O=Cc1cc(Br)cc(F)c1B(O)O. The third-order valence-corrected chi connectivity index (χ3v) is 1.97. The molecule has 0 heterocycles. The minimum atomic E-state index is -1.98. The van der Waals surface area contributed by atoms with Gasteiger partial charge < -0.3 is 10.0 Å². The number of benzene rings is 1. The van der Waals surface area contributed by atoms with Crippen LogP contribution in [0.3, 0.4) is 0 Å². The van der Waals surface area contributed by atoms with Gasteiger partial charge in [0.1, 0.15) is 12.1 Å². The van der Waals surface area contributed by atoms with Gasteiger partial charge in [0.15, 0.2) is 0 Å². The standard InChI is InChI=1S/C7H5BBrFO3/c9-5-1-4(3-11)7(8(12)13)6(10)2-5/h1-3,12-13H. The summed E-state index contributed by atoms with van der Waals surface area (Å²) in [6, 6.07) is 2.37. The summed E-state index contributed by atoms with van der Waals surface area (Å²) in [6.07, 6.45) is 0.364. The second-order valence-corrected chi connectivity index (χ2v) is 3.30. The summed E-state index contributed by atoms with van der Waals surface area (Å²) in [5, 5.41) is 17.5. The quantitative estimate of drug-likeness (QED) is 0.574. The van der Waals surface area contributed by atoms with Gasteiger partial charge in [-0.25, -0.2) is 4.39 Å². The molecule has 68 valence electrons. The third kappa shape index (κ3) is 2.15. The summed E-state index contributed by atoms with van der Waals surface area (Å²) in [6.45, 7) is 0. The molecule has 0 saturated heterocycles. The summed E-state index contributed by atoms with van der Waals surface area (Å²) in [4.78, 5) is 10.4. The summed E-state index contributed by atoms with van der Waals surface area (Å²) in [7, 11) is -1.98. The lowest BCUT2D eigenvalue weighted by Gasteiger charge is -2.05. The van der Waals surface area contributed by atoms with Crippen LogP contribution in [0.15, 0.2) is 16.6 Å². The first-order valence-corrected chi connectivity index (χ1v) is 4.16. The highest BCUT2D eigenvalue weighted by Gasteiger charge is 2.21. The van der Waals surface area contributed by atoms with E-state index in [-0.39, 0.29) is 5.56 Å². The van der Waals surface area contributed by atoms with Crippen molar-refractivity contribution in [1.82, 2.24) is 0 Å². The van der Waals surface area contributed by atoms with Gasteiger partial charge in [-0.15, -0.1) is 0 Å². The fourth-order valence-electron chi connectivity index (χ4n) is 0.975. The second kappa shape index (κ2) is 4.00. The number of aldehydes is 1. The minimum absolute atomic E-state index is 0.0816. The lowest BCUT2D eigenvalue weighted by Crippen LogP contribution is -2.35. The van der Waals surface area contributed by atoms with Gasteiger partial charge in [-0.05, 0) is 12.1 Å². The Hall–Kier alpha value is -0.715. The maximum Gasteiger partial charge on any atom is 0.492 e. The van der Waals surface area contributed by atoms with Crippen molar-refractivity contribution in [3.63, 3.8) is 0 Å². The normalized spacial score (nSPS) is 9.85. The summed E-state index contributed by atoms with van der Waals surface area (Å²) < 4.78 is 13.4. The summed E-state index contributed by atoms with van der Waals surface area (Å²) in [5.41, 5.74) is -0.486. The van der Waals surface area contributed by atoms with Crippen molar-refractivity contribution < 1.29 is 19.2 Å². The van der Waals surface area contributed by atoms with E-state index in [0.29, 0.717) is 10.8 Å². The van der Waals surface area contributed by atoms with Crippen molar-refractivity contribution >= 4 is 34.8 Å². The summed E-state index contributed by atoms with van der Waals surface area (Å²) >= 11 is 2.97. The molecule has 0 unspecified atom stereocenters. The third-order valence-electron chi connectivity index (χ3n) is 1.51. The van der Waals surface area contributed by atoms with Gasteiger partial charge in [-0.1, -0.05) is 15.9 Å². The molecule has 1 aromatic rings. The first-order chi connectivity index (χ1) is 6.06. The number of hydrogen-bond donors (Lipinski definition) is 2. The average molecular weight is 247 g/mol. The molecule has 1 aromatic carbocycles. The van der Waals surface area contributed by atoms with Gasteiger partial charge in [0.05, 0.1) is 0 Å². The Balaban J connectivity index is 3.38. The van der Waals surface area contributed by atoms with Crippen LogP contribution in [-0.4, -0.2) is 23.5 Å². The molecule has 2 N–H and O–H groups in total. The zero-order valence-corrected chi connectivity index (χ0v) is 7.95. The average Bonchev–Trinajstić information content (AvgIpc) is 2.01. The van der Waals surface area contributed by atoms with Gasteiger partial charge in [0, 0.05) is 15.5 Å². The van der Waals surface area contributed by atoms with E-state index in [1.54, 1.807) is 0 Å². The smallest absolute Gasteiger partial charge is 0.423 e. The Morgan fingerprint density at radius 3 is 2.54 bits per heavy atom. The maximum absolute atomic E-state index is 13.0. The molecule has 13 heavy (non-hydrogen) atoms. The fourth-order valence-corrected chi connectivity index (χ4v) is 1.42. The second-order valence-electron chi connectivity index (χ2n) is 2.38. The molecule has 0 aromatic heterocycles. The van der Waals surface area contributed by atoms with Crippen molar-refractivity contribution in [1.29, 1.82) is 0 Å². The monoisotopic (exact) mass is 246 g/mol. The van der Waals surface area contributed by atoms with Gasteiger partial charge in [0.2, 0.25) is 0 Å². The zero-order valence-electron chi connectivity index (χ0n) is 6.37. The lowest BCUT2D eigenvalue weighted by molar-refractivity contribution is 0.112. The molecule has 0 amide bonds. The number of carbonyl (C=O) groups excluding carboxylic acids is 1. The van der Waals surface area contributed by atoms with Crippen LogP contribution in [0.5, 0.6) is 0 Å². The Kier molecular flexibility index (Phi) is 3.19.